The normalized spacial score (nSPS) is 12.2. The molecule has 1 aromatic heterocycles. The van der Waals surface area contributed by atoms with Crippen LogP contribution in [0.4, 0.5) is 10.1 Å². The van der Waals surface area contributed by atoms with Gasteiger partial charge in [0.25, 0.3) is 11.1 Å². The first-order valence-corrected chi connectivity index (χ1v) is 8.53. The molecule has 6 nitrogen and oxygen atoms in total. The number of rotatable bonds is 4. The maximum Gasteiger partial charge on any atom is 0.272 e. The van der Waals surface area contributed by atoms with E-state index >= 15 is 0 Å². The van der Waals surface area contributed by atoms with E-state index in [1.54, 1.807) is 48.5 Å². The van der Waals surface area contributed by atoms with Crippen molar-refractivity contribution < 1.29 is 9.18 Å². The predicted octanol–water partition coefficient (Wildman–Crippen LogP) is 1.15. The molecule has 0 radical (unpaired) electrons. The Kier molecular flexibility index (Phi) is 5.64. The van der Waals surface area contributed by atoms with Gasteiger partial charge in [0, 0.05) is 12.6 Å². The lowest BCUT2D eigenvalue weighted by atomic mass is 10.1. The lowest BCUT2D eigenvalue weighted by molar-refractivity contribution is -0.114. The van der Waals surface area contributed by atoms with Crippen LogP contribution in [-0.4, -0.2) is 15.9 Å². The number of hydrogen-bond acceptors (Lipinski definition) is 3. The number of anilines is 1. The standard InChI is InChI=1S/C21H18FN3O3/c1-13(26)23-17-8-6-15(7-9-17)11-19-21(28)24-18(20(27)25-19)10-14-2-4-16(12-22)5-3-14/h2-11H,12H2,1H3,(H,23,26)(H,24,28)(H,25,27). The van der Waals surface area contributed by atoms with Gasteiger partial charge in [0.2, 0.25) is 5.91 Å². The van der Waals surface area contributed by atoms with E-state index in [1.807, 2.05) is 0 Å². The summed E-state index contributed by atoms with van der Waals surface area (Å²) in [5.41, 5.74) is 1.63. The number of aromatic nitrogens is 2. The first-order valence-electron chi connectivity index (χ1n) is 8.53. The van der Waals surface area contributed by atoms with Gasteiger partial charge < -0.3 is 15.3 Å². The summed E-state index contributed by atoms with van der Waals surface area (Å²) in [4.78, 5) is 40.8. The molecule has 3 N–H and O–H groups in total. The van der Waals surface area contributed by atoms with Crippen LogP contribution in [0.2, 0.25) is 0 Å². The third-order valence-corrected chi connectivity index (χ3v) is 3.97. The number of aromatic amines is 2. The molecule has 1 amide bonds. The minimum atomic E-state index is -0.561. The molecule has 7 heteroatoms. The number of benzene rings is 2. The second kappa shape index (κ2) is 8.30. The molecular formula is C21H18FN3O3. The zero-order valence-corrected chi connectivity index (χ0v) is 15.1. The van der Waals surface area contributed by atoms with E-state index in [4.69, 9.17) is 0 Å². The van der Waals surface area contributed by atoms with Crippen LogP contribution >= 0.6 is 0 Å². The highest BCUT2D eigenvalue weighted by Gasteiger charge is 1.99. The van der Waals surface area contributed by atoms with Crippen molar-refractivity contribution in [1.82, 2.24) is 9.97 Å². The molecular weight excluding hydrogens is 361 g/mol. The Morgan fingerprint density at radius 2 is 1.36 bits per heavy atom. The lowest BCUT2D eigenvalue weighted by Gasteiger charge is -2.01. The van der Waals surface area contributed by atoms with Gasteiger partial charge in [0.1, 0.15) is 17.4 Å². The molecule has 0 aliphatic heterocycles. The van der Waals surface area contributed by atoms with Crippen molar-refractivity contribution in [2.24, 2.45) is 0 Å². The van der Waals surface area contributed by atoms with Gasteiger partial charge in [-0.2, -0.15) is 0 Å². The summed E-state index contributed by atoms with van der Waals surface area (Å²) in [7, 11) is 0. The molecule has 0 fully saturated rings. The highest BCUT2D eigenvalue weighted by molar-refractivity contribution is 5.88. The molecule has 0 saturated carbocycles. The van der Waals surface area contributed by atoms with E-state index in [-0.39, 0.29) is 16.6 Å². The molecule has 0 saturated heterocycles. The van der Waals surface area contributed by atoms with E-state index in [2.05, 4.69) is 15.3 Å². The third kappa shape index (κ3) is 4.70. The molecule has 2 aromatic carbocycles. The van der Waals surface area contributed by atoms with E-state index in [0.29, 0.717) is 22.4 Å². The van der Waals surface area contributed by atoms with E-state index in [1.165, 1.54) is 19.1 Å². The minimum Gasteiger partial charge on any atom is -0.326 e. The molecule has 3 aromatic rings. The largest absolute Gasteiger partial charge is 0.326 e. The quantitative estimate of drug-likeness (QED) is 0.635. The number of carbonyl (C=O) groups excluding carboxylic acids is 1. The zero-order chi connectivity index (χ0) is 20.1. The van der Waals surface area contributed by atoms with Gasteiger partial charge in [-0.1, -0.05) is 36.4 Å². The van der Waals surface area contributed by atoms with Gasteiger partial charge in [0.05, 0.1) is 0 Å². The Balaban J connectivity index is 1.96. The van der Waals surface area contributed by atoms with Crippen LogP contribution in [0.15, 0.2) is 58.1 Å². The lowest BCUT2D eigenvalue weighted by Crippen LogP contribution is -2.46. The van der Waals surface area contributed by atoms with Gasteiger partial charge in [-0.25, -0.2) is 4.39 Å². The smallest absolute Gasteiger partial charge is 0.272 e. The van der Waals surface area contributed by atoms with Gasteiger partial charge in [-0.3, -0.25) is 14.4 Å². The molecule has 0 aliphatic rings. The zero-order valence-electron chi connectivity index (χ0n) is 15.1. The van der Waals surface area contributed by atoms with Crippen LogP contribution in [0.5, 0.6) is 0 Å². The van der Waals surface area contributed by atoms with Crippen molar-refractivity contribution in [3.63, 3.8) is 0 Å². The molecule has 3 rings (SSSR count). The Hall–Kier alpha value is -3.74. The van der Waals surface area contributed by atoms with Crippen molar-refractivity contribution >= 4 is 23.7 Å². The van der Waals surface area contributed by atoms with Gasteiger partial charge in [-0.15, -0.1) is 0 Å². The highest BCUT2D eigenvalue weighted by Crippen LogP contribution is 2.09. The summed E-state index contributed by atoms with van der Waals surface area (Å²) in [6.07, 6.45) is 3.06. The van der Waals surface area contributed by atoms with E-state index < -0.39 is 17.8 Å². The molecule has 1 heterocycles. The Morgan fingerprint density at radius 3 is 1.79 bits per heavy atom. The second-order valence-corrected chi connectivity index (χ2v) is 6.20. The topological polar surface area (TPSA) is 94.8 Å². The van der Waals surface area contributed by atoms with Crippen LogP contribution in [0.1, 0.15) is 23.6 Å². The molecule has 0 bridgehead atoms. The maximum atomic E-state index is 12.6. The first kappa shape index (κ1) is 19.0. The Bertz CT molecular complexity index is 1220. The number of halogens is 1. The maximum absolute atomic E-state index is 12.6. The summed E-state index contributed by atoms with van der Waals surface area (Å²) in [5, 5.41) is 2.87. The number of hydrogen-bond donors (Lipinski definition) is 3. The number of alkyl halides is 1. The van der Waals surface area contributed by atoms with Crippen molar-refractivity contribution in [2.75, 3.05) is 5.32 Å². The van der Waals surface area contributed by atoms with Crippen molar-refractivity contribution in [3.05, 3.63) is 96.6 Å². The first-order chi connectivity index (χ1) is 13.4. The fourth-order valence-corrected chi connectivity index (χ4v) is 2.60. The number of H-pyrrole nitrogens is 2. The highest BCUT2D eigenvalue weighted by atomic mass is 19.1. The van der Waals surface area contributed by atoms with E-state index in [9.17, 15) is 18.8 Å². The summed E-state index contributed by atoms with van der Waals surface area (Å²) in [5.74, 6) is -0.177. The fraction of sp³-hybridized carbons (Fsp3) is 0.0952. The molecule has 0 aliphatic carbocycles. The van der Waals surface area contributed by atoms with Crippen LogP contribution in [0.3, 0.4) is 0 Å². The second-order valence-electron chi connectivity index (χ2n) is 6.20. The van der Waals surface area contributed by atoms with Crippen LogP contribution in [0.25, 0.3) is 12.2 Å². The van der Waals surface area contributed by atoms with Crippen molar-refractivity contribution in [2.45, 2.75) is 13.6 Å². The third-order valence-electron chi connectivity index (χ3n) is 3.97. The molecule has 0 unspecified atom stereocenters. The Morgan fingerprint density at radius 1 is 0.893 bits per heavy atom. The molecule has 0 spiro atoms. The summed E-state index contributed by atoms with van der Waals surface area (Å²) >= 11 is 0. The van der Waals surface area contributed by atoms with Crippen molar-refractivity contribution in [3.8, 4) is 0 Å². The number of nitrogens with one attached hydrogen (secondary N) is 3. The van der Waals surface area contributed by atoms with Gasteiger partial charge >= 0.3 is 0 Å². The van der Waals surface area contributed by atoms with Gasteiger partial charge in [-0.05, 0) is 41.0 Å². The van der Waals surface area contributed by atoms with Crippen LogP contribution in [-0.2, 0) is 11.5 Å². The van der Waals surface area contributed by atoms with Crippen LogP contribution in [0, 0.1) is 0 Å². The van der Waals surface area contributed by atoms with Crippen LogP contribution < -0.4 is 27.1 Å². The minimum absolute atomic E-state index is 0.108. The summed E-state index contributed by atoms with van der Waals surface area (Å²) in [6, 6.07) is 13.4. The molecule has 142 valence electrons. The molecule has 0 atom stereocenters. The van der Waals surface area contributed by atoms with E-state index in [0.717, 1.165) is 0 Å². The SMILES string of the molecule is CC(=O)Nc1ccc(C=c2[nH]c(=O)c(=Cc3ccc(CF)cc3)[nH]c2=O)cc1. The summed E-state index contributed by atoms with van der Waals surface area (Å²) < 4.78 is 12.6. The summed E-state index contributed by atoms with van der Waals surface area (Å²) in [6.45, 7) is 0.853. The number of carbonyl (C=O) groups is 1. The fourth-order valence-electron chi connectivity index (χ4n) is 2.60. The molecule has 28 heavy (non-hydrogen) atoms. The Labute approximate surface area is 159 Å². The number of amides is 1. The average molecular weight is 379 g/mol. The predicted molar refractivity (Wildman–Crippen MR) is 106 cm³/mol. The average Bonchev–Trinajstić information content (AvgIpc) is 2.67. The van der Waals surface area contributed by atoms with Crippen molar-refractivity contribution in [1.29, 1.82) is 0 Å². The monoisotopic (exact) mass is 379 g/mol. The van der Waals surface area contributed by atoms with Gasteiger partial charge in [0.15, 0.2) is 0 Å².